The number of fused-ring (bicyclic) bond motifs is 3. The molecule has 1 aromatic heterocycles. The Morgan fingerprint density at radius 1 is 1.13 bits per heavy atom. The predicted octanol–water partition coefficient (Wildman–Crippen LogP) is 3.87. The molecular formula is C34H44N4O7S. The van der Waals surface area contributed by atoms with E-state index in [1.807, 2.05) is 42.5 Å². The van der Waals surface area contributed by atoms with Gasteiger partial charge in [-0.1, -0.05) is 44.2 Å². The fourth-order valence-corrected chi connectivity index (χ4v) is 8.23. The lowest BCUT2D eigenvalue weighted by molar-refractivity contribution is -0.140. The summed E-state index contributed by atoms with van der Waals surface area (Å²) in [5.41, 5.74) is -1.41. The fraction of sp³-hybridized carbons (Fsp3) is 0.588. The fourth-order valence-electron chi connectivity index (χ4n) is 6.91. The summed E-state index contributed by atoms with van der Waals surface area (Å²) in [5, 5.41) is 4.58. The summed E-state index contributed by atoms with van der Waals surface area (Å²) in [7, 11) is -2.38. The summed E-state index contributed by atoms with van der Waals surface area (Å²) in [6, 6.07) is 8.53. The van der Waals surface area contributed by atoms with Gasteiger partial charge in [-0.2, -0.15) is 4.98 Å². The molecule has 248 valence electrons. The van der Waals surface area contributed by atoms with Gasteiger partial charge in [0.2, 0.25) is 33.6 Å². The molecule has 1 aromatic carbocycles. The van der Waals surface area contributed by atoms with Crippen molar-refractivity contribution >= 4 is 38.5 Å². The van der Waals surface area contributed by atoms with Crippen molar-refractivity contribution in [3.63, 3.8) is 0 Å². The number of hydrogen-bond donors (Lipinski definition) is 2. The Labute approximate surface area is 270 Å². The Morgan fingerprint density at radius 3 is 2.63 bits per heavy atom. The molecule has 6 atom stereocenters. The molecule has 12 heteroatoms. The van der Waals surface area contributed by atoms with Gasteiger partial charge in [-0.25, -0.2) is 8.42 Å². The number of ether oxygens (including phenoxy) is 2. The molecule has 3 fully saturated rings. The third kappa shape index (κ3) is 6.32. The molecular weight excluding hydrogens is 608 g/mol. The van der Waals surface area contributed by atoms with Crippen LogP contribution in [0.1, 0.15) is 72.1 Å². The maximum absolute atomic E-state index is 14.1. The van der Waals surface area contributed by atoms with Crippen molar-refractivity contribution in [3.05, 3.63) is 42.5 Å². The minimum atomic E-state index is -3.91. The summed E-state index contributed by atoms with van der Waals surface area (Å²) in [6.45, 7) is 6.01. The third-order valence-electron chi connectivity index (χ3n) is 10.2. The van der Waals surface area contributed by atoms with E-state index in [9.17, 15) is 22.8 Å². The van der Waals surface area contributed by atoms with Crippen molar-refractivity contribution in [2.75, 3.05) is 13.7 Å². The van der Waals surface area contributed by atoms with Gasteiger partial charge < -0.3 is 19.7 Å². The number of methoxy groups -OCH3 is 1. The lowest BCUT2D eigenvalue weighted by atomic mass is 9.91. The Morgan fingerprint density at radius 2 is 1.89 bits per heavy atom. The molecule has 1 saturated heterocycles. The van der Waals surface area contributed by atoms with E-state index in [2.05, 4.69) is 28.9 Å². The molecule has 2 aliphatic carbocycles. The molecule has 6 rings (SSSR count). The van der Waals surface area contributed by atoms with Crippen molar-refractivity contribution in [1.82, 2.24) is 19.9 Å². The van der Waals surface area contributed by atoms with Crippen molar-refractivity contribution in [2.24, 2.45) is 17.8 Å². The average Bonchev–Trinajstić information content (AvgIpc) is 3.88. The highest BCUT2D eigenvalue weighted by Gasteiger charge is 2.63. The normalized spacial score (nSPS) is 31.8. The van der Waals surface area contributed by atoms with Gasteiger partial charge >= 0.3 is 0 Å². The van der Waals surface area contributed by atoms with Gasteiger partial charge in [0.25, 0.3) is 5.91 Å². The van der Waals surface area contributed by atoms with Gasteiger partial charge in [-0.05, 0) is 68.7 Å². The predicted molar refractivity (Wildman–Crippen MR) is 172 cm³/mol. The quantitative estimate of drug-likeness (QED) is 0.448. The highest BCUT2D eigenvalue weighted by molar-refractivity contribution is 7.91. The highest BCUT2D eigenvalue weighted by atomic mass is 32.2. The topological polar surface area (TPSA) is 144 Å². The number of benzene rings is 1. The minimum Gasteiger partial charge on any atom is -0.481 e. The summed E-state index contributed by atoms with van der Waals surface area (Å²) in [5.74, 6) is -0.518. The lowest BCUT2D eigenvalue weighted by Crippen LogP contribution is -2.57. The summed E-state index contributed by atoms with van der Waals surface area (Å²) >= 11 is 0. The van der Waals surface area contributed by atoms with Crippen LogP contribution in [0.2, 0.25) is 0 Å². The van der Waals surface area contributed by atoms with Crippen LogP contribution >= 0.6 is 0 Å². The van der Waals surface area contributed by atoms with Crippen LogP contribution in [0.3, 0.4) is 0 Å². The first kappa shape index (κ1) is 32.3. The Hall–Kier alpha value is -3.67. The third-order valence-corrected chi connectivity index (χ3v) is 12.3. The number of nitrogens with zero attached hydrogens (tertiary/aromatic N) is 2. The number of hydrogen-bond acceptors (Lipinski definition) is 8. The number of allylic oxidation sites excluding steroid dienone is 1. The molecule has 0 unspecified atom stereocenters. The van der Waals surface area contributed by atoms with E-state index < -0.39 is 44.3 Å². The van der Waals surface area contributed by atoms with E-state index in [1.165, 1.54) is 7.11 Å². The van der Waals surface area contributed by atoms with Gasteiger partial charge in [-0.3, -0.25) is 19.1 Å². The molecule has 0 bridgehead atoms. The molecule has 46 heavy (non-hydrogen) atoms. The second-order valence-corrected chi connectivity index (χ2v) is 16.2. The van der Waals surface area contributed by atoms with Crippen LogP contribution in [-0.4, -0.2) is 72.1 Å². The Balaban J connectivity index is 1.29. The number of rotatable bonds is 6. The molecule has 3 heterocycles. The van der Waals surface area contributed by atoms with E-state index in [1.54, 1.807) is 11.8 Å². The zero-order chi connectivity index (χ0) is 32.9. The van der Waals surface area contributed by atoms with Crippen LogP contribution in [0.15, 0.2) is 42.5 Å². The SMILES string of the molecule is COc1cc2ccccc2c(O[C@@H]2C[C@H]3C(=O)N[C@]4(C(=O)NS(=O)(=O)C5(C)CC5)C[C@H]4/C=C\CC[C@@H](C)C[C@@H](C)CC(=O)N3C2)n1. The van der Waals surface area contributed by atoms with E-state index in [0.29, 0.717) is 30.5 Å². The van der Waals surface area contributed by atoms with Crippen LogP contribution < -0.4 is 19.5 Å². The number of amides is 3. The summed E-state index contributed by atoms with van der Waals surface area (Å²) in [6.07, 6.45) is 7.68. The van der Waals surface area contributed by atoms with Gasteiger partial charge in [-0.15, -0.1) is 0 Å². The monoisotopic (exact) mass is 652 g/mol. The molecule has 4 aliphatic rings. The zero-order valence-electron chi connectivity index (χ0n) is 27.0. The average molecular weight is 653 g/mol. The number of carbonyl (C=O) groups excluding carboxylic acids is 3. The van der Waals surface area contributed by atoms with E-state index in [4.69, 9.17) is 9.47 Å². The highest BCUT2D eigenvalue weighted by Crippen LogP contribution is 2.47. The van der Waals surface area contributed by atoms with Gasteiger partial charge in [0.05, 0.1) is 18.4 Å². The standard InChI is InChI=1S/C34H44N4O7S/c1-21-9-5-7-11-24-19-34(24,32(41)37-46(42,43)33(3)13-14-33)36-30(40)27-18-25(20-38(27)29(39)16-22(2)15-21)45-31-26-12-8-6-10-23(26)17-28(35-31)44-4/h6-8,10-12,17,21-22,24-25,27H,5,9,13-16,18-20H2,1-4H3,(H,36,40)(H,37,41)/b11-7-/t21-,22-,24-,25-,27+,34-/m1/s1. The maximum atomic E-state index is 14.1. The Bertz CT molecular complexity index is 1670. The van der Waals surface area contributed by atoms with E-state index in [-0.39, 0.29) is 43.6 Å². The smallest absolute Gasteiger partial charge is 0.259 e. The first-order valence-electron chi connectivity index (χ1n) is 16.3. The number of carbonyl (C=O) groups is 3. The molecule has 0 radical (unpaired) electrons. The first-order chi connectivity index (χ1) is 21.8. The van der Waals surface area contributed by atoms with Crippen LogP contribution in [0.5, 0.6) is 11.8 Å². The van der Waals surface area contributed by atoms with Crippen LogP contribution in [0.25, 0.3) is 10.8 Å². The van der Waals surface area contributed by atoms with Gasteiger partial charge in [0.1, 0.15) is 17.7 Å². The molecule has 11 nitrogen and oxygen atoms in total. The minimum absolute atomic E-state index is 0.115. The van der Waals surface area contributed by atoms with Crippen molar-refractivity contribution in [3.8, 4) is 11.8 Å². The van der Waals surface area contributed by atoms with Gasteiger partial charge in [0, 0.05) is 30.2 Å². The number of pyridine rings is 1. The molecule has 2 aliphatic heterocycles. The second kappa shape index (κ2) is 12.2. The van der Waals surface area contributed by atoms with E-state index in [0.717, 1.165) is 30.0 Å². The van der Waals surface area contributed by atoms with Crippen molar-refractivity contribution < 1.29 is 32.3 Å². The van der Waals surface area contributed by atoms with Crippen molar-refractivity contribution in [2.45, 2.75) is 94.6 Å². The van der Waals surface area contributed by atoms with Crippen molar-refractivity contribution in [1.29, 1.82) is 0 Å². The van der Waals surface area contributed by atoms with Crippen LogP contribution in [0.4, 0.5) is 0 Å². The summed E-state index contributed by atoms with van der Waals surface area (Å²) < 4.78 is 39.1. The zero-order valence-corrected chi connectivity index (χ0v) is 27.8. The second-order valence-electron chi connectivity index (χ2n) is 14.0. The summed E-state index contributed by atoms with van der Waals surface area (Å²) in [4.78, 5) is 47.7. The maximum Gasteiger partial charge on any atom is 0.259 e. The number of sulfonamides is 1. The molecule has 2 aromatic rings. The largest absolute Gasteiger partial charge is 0.481 e. The van der Waals surface area contributed by atoms with E-state index >= 15 is 0 Å². The molecule has 3 amide bonds. The first-order valence-corrected chi connectivity index (χ1v) is 17.8. The lowest BCUT2D eigenvalue weighted by Gasteiger charge is -2.28. The number of nitrogens with one attached hydrogen (secondary N) is 2. The Kier molecular flexibility index (Phi) is 8.54. The number of aromatic nitrogens is 1. The van der Waals surface area contributed by atoms with Crippen LogP contribution in [-0.2, 0) is 24.4 Å². The molecule has 0 spiro atoms. The molecule has 2 saturated carbocycles. The van der Waals surface area contributed by atoms with Gasteiger partial charge in [0.15, 0.2) is 0 Å². The molecule has 2 N–H and O–H groups in total. The van der Waals surface area contributed by atoms with Crippen LogP contribution in [0, 0.1) is 17.8 Å².